The van der Waals surface area contributed by atoms with Crippen molar-refractivity contribution < 1.29 is 32.2 Å². The Bertz CT molecular complexity index is 1540. The van der Waals surface area contributed by atoms with Gasteiger partial charge in [0, 0.05) is 42.6 Å². The van der Waals surface area contributed by atoms with Crippen molar-refractivity contribution in [3.05, 3.63) is 53.2 Å². The van der Waals surface area contributed by atoms with Gasteiger partial charge in [0.15, 0.2) is 0 Å². The van der Waals surface area contributed by atoms with E-state index in [2.05, 4.69) is 10.3 Å². The van der Waals surface area contributed by atoms with Crippen LogP contribution in [-0.4, -0.2) is 92.8 Å². The number of fused-ring (bicyclic) bond motifs is 1. The number of morpholine rings is 1. The number of carbonyl (C=O) groups excluding carboxylic acids is 2. The number of H-pyrrole nitrogens is 1. The molecule has 0 saturated carbocycles. The van der Waals surface area contributed by atoms with E-state index < -0.39 is 22.0 Å². The van der Waals surface area contributed by atoms with Gasteiger partial charge in [0.1, 0.15) is 29.0 Å². The first-order valence-corrected chi connectivity index (χ1v) is 16.6. The minimum absolute atomic E-state index is 0.0256. The topological polar surface area (TPSA) is 156 Å². The summed E-state index contributed by atoms with van der Waals surface area (Å²) >= 11 is 6.48. The lowest BCUT2D eigenvalue weighted by atomic mass is 10.0. The molecule has 4 N–H and O–H groups in total. The Labute approximate surface area is 262 Å². The molecule has 0 radical (unpaired) electrons. The molecule has 44 heavy (non-hydrogen) atoms. The van der Waals surface area contributed by atoms with Crippen molar-refractivity contribution in [3.8, 4) is 5.75 Å². The fourth-order valence-corrected chi connectivity index (χ4v) is 7.28. The molecule has 2 aromatic carbocycles. The molecule has 12 nitrogen and oxygen atoms in total. The highest BCUT2D eigenvalue weighted by Gasteiger charge is 2.37. The van der Waals surface area contributed by atoms with Gasteiger partial charge in [-0.25, -0.2) is 13.2 Å². The number of carbonyl (C=O) groups is 2. The second kappa shape index (κ2) is 15.0. The second-order valence-corrected chi connectivity index (χ2v) is 12.5. The van der Waals surface area contributed by atoms with Crippen LogP contribution >= 0.6 is 11.6 Å². The van der Waals surface area contributed by atoms with Crippen LogP contribution in [0, 0.1) is 0 Å². The SMILES string of the molecule is CC.CCOC(=O)N1CCC(Nc2cc(Cl)cc3c(S(=O)(=O)N4CCO[C@H](COc5ccccc5)C4)c(C(N)=O)[nH]c23)CC1. The maximum absolute atomic E-state index is 14.1. The maximum Gasteiger partial charge on any atom is 0.409 e. The molecule has 2 aliphatic heterocycles. The molecule has 0 aliphatic carbocycles. The Kier molecular flexibility index (Phi) is 11.4. The summed E-state index contributed by atoms with van der Waals surface area (Å²) in [5.74, 6) is -0.262. The highest BCUT2D eigenvalue weighted by Crippen LogP contribution is 2.37. The number of rotatable bonds is 9. The van der Waals surface area contributed by atoms with E-state index in [0.29, 0.717) is 49.5 Å². The lowest BCUT2D eigenvalue weighted by Crippen LogP contribution is -2.47. The quantitative estimate of drug-likeness (QED) is 0.307. The van der Waals surface area contributed by atoms with Crippen LogP contribution in [0.15, 0.2) is 47.4 Å². The number of sulfonamides is 1. The van der Waals surface area contributed by atoms with Gasteiger partial charge < -0.3 is 35.1 Å². The van der Waals surface area contributed by atoms with Crippen molar-refractivity contribution in [2.24, 2.45) is 5.73 Å². The van der Waals surface area contributed by atoms with Crippen molar-refractivity contribution in [1.82, 2.24) is 14.2 Å². The number of nitrogens with zero attached hydrogens (tertiary/aromatic N) is 2. The monoisotopic (exact) mass is 649 g/mol. The lowest BCUT2D eigenvalue weighted by molar-refractivity contribution is -0.0249. The van der Waals surface area contributed by atoms with Crippen molar-refractivity contribution in [3.63, 3.8) is 0 Å². The lowest BCUT2D eigenvalue weighted by Gasteiger charge is -2.32. The Hall–Kier alpha value is -3.52. The van der Waals surface area contributed by atoms with Crippen molar-refractivity contribution in [1.29, 1.82) is 0 Å². The van der Waals surface area contributed by atoms with Crippen LogP contribution in [0.25, 0.3) is 10.9 Å². The zero-order valence-electron chi connectivity index (χ0n) is 25.2. The van der Waals surface area contributed by atoms with Crippen LogP contribution in [-0.2, 0) is 19.5 Å². The van der Waals surface area contributed by atoms with E-state index >= 15 is 0 Å². The molecule has 240 valence electrons. The van der Waals surface area contributed by atoms with Gasteiger partial charge in [-0.1, -0.05) is 43.6 Å². The van der Waals surface area contributed by atoms with Crippen LogP contribution in [0.4, 0.5) is 10.5 Å². The first-order valence-electron chi connectivity index (χ1n) is 14.8. The van der Waals surface area contributed by atoms with E-state index in [9.17, 15) is 18.0 Å². The zero-order chi connectivity index (χ0) is 31.9. The molecule has 1 aromatic heterocycles. The Morgan fingerprint density at radius 3 is 2.50 bits per heavy atom. The van der Waals surface area contributed by atoms with Gasteiger partial charge in [-0.2, -0.15) is 4.31 Å². The third-order valence-corrected chi connectivity index (χ3v) is 9.50. The molecule has 0 spiro atoms. The Balaban J connectivity index is 0.00000216. The normalized spacial score (nSPS) is 17.9. The van der Waals surface area contributed by atoms with Gasteiger partial charge >= 0.3 is 6.09 Å². The summed E-state index contributed by atoms with van der Waals surface area (Å²) in [5.41, 5.74) is 6.39. The molecule has 3 aromatic rings. The largest absolute Gasteiger partial charge is 0.491 e. The van der Waals surface area contributed by atoms with Crippen LogP contribution in [0.3, 0.4) is 0 Å². The molecule has 14 heteroatoms. The standard InChI is InChI=1S/C28H34ClN5O7S.C2H6/c1-2-39-28(36)33-10-8-19(9-11-33)31-23-15-18(29)14-22-24(23)32-25(27(30)35)26(22)42(37,38)34-12-13-40-21(16-34)17-41-20-6-4-3-5-7-20;1-2/h3-7,14-15,19,21,31-32H,2,8-13,16-17H2,1H3,(H2,30,35);1-2H3/t21-;/m0./s1. The molecule has 3 heterocycles. The van der Waals surface area contributed by atoms with Gasteiger partial charge in [-0.15, -0.1) is 0 Å². The van der Waals surface area contributed by atoms with Crippen LogP contribution in [0.2, 0.25) is 5.02 Å². The number of halogens is 1. The van der Waals surface area contributed by atoms with E-state index in [0.717, 1.165) is 0 Å². The van der Waals surface area contributed by atoms with E-state index in [1.807, 2.05) is 44.2 Å². The highest BCUT2D eigenvalue weighted by molar-refractivity contribution is 7.89. The van der Waals surface area contributed by atoms with E-state index in [-0.39, 0.29) is 59.4 Å². The van der Waals surface area contributed by atoms with Crippen molar-refractivity contribution in [2.45, 2.75) is 50.7 Å². The molecule has 2 amide bonds. The molecule has 0 bridgehead atoms. The summed E-state index contributed by atoms with van der Waals surface area (Å²) in [4.78, 5) is 29.0. The number of piperidine rings is 1. The second-order valence-electron chi connectivity index (χ2n) is 10.2. The number of amides is 2. The first kappa shape index (κ1) is 33.4. The summed E-state index contributed by atoms with van der Waals surface area (Å²) in [5, 5.41) is 3.96. The molecule has 1 atom stereocenters. The number of aromatic amines is 1. The minimum atomic E-state index is -4.20. The fourth-order valence-electron chi connectivity index (χ4n) is 5.28. The maximum atomic E-state index is 14.1. The van der Waals surface area contributed by atoms with Gasteiger partial charge in [0.25, 0.3) is 5.91 Å². The van der Waals surface area contributed by atoms with Gasteiger partial charge in [0.2, 0.25) is 10.0 Å². The van der Waals surface area contributed by atoms with Crippen LogP contribution in [0.5, 0.6) is 5.75 Å². The summed E-state index contributed by atoms with van der Waals surface area (Å²) in [6.45, 7) is 7.52. The number of hydrogen-bond acceptors (Lipinski definition) is 8. The number of nitrogens with two attached hydrogens (primary N) is 1. The number of nitrogens with one attached hydrogen (secondary N) is 2. The molecule has 0 unspecified atom stereocenters. The number of ether oxygens (including phenoxy) is 3. The summed E-state index contributed by atoms with van der Waals surface area (Å²) in [7, 11) is -4.20. The van der Waals surface area contributed by atoms with E-state index in [1.165, 1.54) is 10.4 Å². The Morgan fingerprint density at radius 2 is 1.84 bits per heavy atom. The summed E-state index contributed by atoms with van der Waals surface area (Å²) < 4.78 is 46.1. The molecule has 2 aliphatic rings. The molecule has 2 saturated heterocycles. The molecular weight excluding hydrogens is 610 g/mol. The van der Waals surface area contributed by atoms with Crippen LogP contribution in [0.1, 0.15) is 44.1 Å². The minimum Gasteiger partial charge on any atom is -0.491 e. The molecule has 2 fully saturated rings. The predicted octanol–water partition coefficient (Wildman–Crippen LogP) is 4.45. The van der Waals surface area contributed by atoms with Crippen molar-refractivity contribution >= 4 is 50.2 Å². The summed E-state index contributed by atoms with van der Waals surface area (Å²) in [6, 6.07) is 12.3. The average molecular weight is 650 g/mol. The number of anilines is 1. The number of para-hydroxylation sites is 1. The van der Waals surface area contributed by atoms with E-state index in [4.69, 9.17) is 31.5 Å². The van der Waals surface area contributed by atoms with Gasteiger partial charge in [-0.05, 0) is 44.0 Å². The van der Waals surface area contributed by atoms with Crippen LogP contribution < -0.4 is 15.8 Å². The average Bonchev–Trinajstić information content (AvgIpc) is 3.43. The molecular formula is C30H40ClN5O7S. The summed E-state index contributed by atoms with van der Waals surface area (Å²) in [6.07, 6.45) is 0.420. The third-order valence-electron chi connectivity index (χ3n) is 7.33. The predicted molar refractivity (Wildman–Crippen MR) is 169 cm³/mol. The highest BCUT2D eigenvalue weighted by atomic mass is 35.5. The van der Waals surface area contributed by atoms with Crippen molar-refractivity contribution in [2.75, 3.05) is 51.3 Å². The first-order chi connectivity index (χ1) is 21.2. The number of primary amides is 1. The number of hydrogen-bond donors (Lipinski definition) is 3. The fraction of sp³-hybridized carbons (Fsp3) is 0.467. The van der Waals surface area contributed by atoms with E-state index in [1.54, 1.807) is 17.9 Å². The number of likely N-dealkylation sites (tertiary alicyclic amines) is 1. The van der Waals surface area contributed by atoms with Gasteiger partial charge in [-0.3, -0.25) is 4.79 Å². The number of aromatic nitrogens is 1. The zero-order valence-corrected chi connectivity index (χ0v) is 26.7. The van der Waals surface area contributed by atoms with Gasteiger partial charge in [0.05, 0.1) is 24.4 Å². The molecule has 5 rings (SSSR count). The Morgan fingerprint density at radius 1 is 1.14 bits per heavy atom. The smallest absolute Gasteiger partial charge is 0.409 e. The third kappa shape index (κ3) is 7.57. The number of benzene rings is 2.